The number of hydrogen-bond donors (Lipinski definition) is 0. The van der Waals surface area contributed by atoms with Gasteiger partial charge in [0.15, 0.2) is 5.78 Å². The fraction of sp³-hybridized carbons (Fsp3) is 0.846. The largest absolute Gasteiger partial charge is 0.299 e. The molecule has 0 aromatic heterocycles. The number of fused-ring (bicyclic) bond motifs is 7. The molecule has 5 aliphatic carbocycles. The average Bonchev–Trinajstić information content (AvgIpc) is 2.94. The van der Waals surface area contributed by atoms with E-state index in [-0.39, 0.29) is 16.2 Å². The second-order valence-corrected chi connectivity index (χ2v) is 11.7. The number of ketones is 2. The van der Waals surface area contributed by atoms with Crippen LogP contribution in [0.2, 0.25) is 0 Å². The van der Waals surface area contributed by atoms with Crippen molar-refractivity contribution in [2.75, 3.05) is 0 Å². The number of allylic oxidation sites excluding steroid dienone is 1. The zero-order valence-electron chi connectivity index (χ0n) is 18.4. The van der Waals surface area contributed by atoms with Gasteiger partial charge in [-0.1, -0.05) is 39.2 Å². The highest BCUT2D eigenvalue weighted by Gasteiger charge is 2.69. The van der Waals surface area contributed by atoms with Crippen molar-refractivity contribution in [2.24, 2.45) is 45.8 Å². The maximum atomic E-state index is 13.2. The summed E-state index contributed by atoms with van der Waals surface area (Å²) in [6, 6.07) is 0. The summed E-state index contributed by atoms with van der Waals surface area (Å²) in [4.78, 5) is 25.3. The molecule has 0 aromatic rings. The van der Waals surface area contributed by atoms with Crippen LogP contribution in [0.15, 0.2) is 11.6 Å². The molecule has 5 rings (SSSR count). The molecule has 0 aromatic carbocycles. The lowest BCUT2D eigenvalue weighted by Gasteiger charge is -2.61. The van der Waals surface area contributed by atoms with Crippen molar-refractivity contribution >= 4 is 11.6 Å². The molecule has 0 saturated heterocycles. The molecule has 5 aliphatic rings. The molecule has 0 unspecified atom stereocenters. The highest BCUT2D eigenvalue weighted by molar-refractivity contribution is 5.91. The summed E-state index contributed by atoms with van der Waals surface area (Å²) < 4.78 is 0. The Balaban J connectivity index is 1.57. The van der Waals surface area contributed by atoms with Crippen molar-refractivity contribution in [3.63, 3.8) is 0 Å². The normalized spacial score (nSPS) is 52.8. The van der Waals surface area contributed by atoms with Crippen LogP contribution >= 0.6 is 0 Å². The van der Waals surface area contributed by atoms with E-state index in [1.165, 1.54) is 50.5 Å². The second kappa shape index (κ2) is 6.05. The molecule has 0 N–H and O–H groups in total. The van der Waals surface area contributed by atoms with Gasteiger partial charge in [-0.3, -0.25) is 9.59 Å². The van der Waals surface area contributed by atoms with Gasteiger partial charge in [-0.25, -0.2) is 0 Å². The molecule has 2 nitrogen and oxygen atoms in total. The molecule has 8 atom stereocenters. The Kier molecular flexibility index (Phi) is 4.12. The first-order chi connectivity index (χ1) is 13.2. The van der Waals surface area contributed by atoms with Crippen LogP contribution in [0.25, 0.3) is 0 Å². The molecule has 0 spiro atoms. The molecule has 28 heavy (non-hydrogen) atoms. The van der Waals surface area contributed by atoms with E-state index >= 15 is 0 Å². The van der Waals surface area contributed by atoms with E-state index in [1.54, 1.807) is 0 Å². The molecule has 154 valence electrons. The van der Waals surface area contributed by atoms with Gasteiger partial charge in [-0.05, 0) is 98.4 Å². The van der Waals surface area contributed by atoms with Crippen molar-refractivity contribution in [3.05, 3.63) is 11.6 Å². The number of Topliss-reactive ketones (excluding diaryl/α,β-unsaturated/α-hetero) is 1. The predicted octanol–water partition coefficient (Wildman–Crippen LogP) is 6.14. The van der Waals surface area contributed by atoms with Gasteiger partial charge in [0.05, 0.1) is 0 Å². The quantitative estimate of drug-likeness (QED) is 0.546. The van der Waals surface area contributed by atoms with Crippen molar-refractivity contribution in [3.8, 4) is 0 Å². The lowest BCUT2D eigenvalue weighted by molar-refractivity contribution is -0.149. The summed E-state index contributed by atoms with van der Waals surface area (Å²) in [5.74, 6) is 4.16. The van der Waals surface area contributed by atoms with Crippen LogP contribution in [0.5, 0.6) is 0 Å². The van der Waals surface area contributed by atoms with Crippen LogP contribution in [0.1, 0.15) is 91.9 Å². The SMILES string of the molecule is CC(=O)[C@]12CCCC[C@H]1C[C@H]1[C@@H]3C[C@H](C)C4=CC(=O)CC[C@]4(C)[C@H]3CC[C@@]12C. The third-order valence-corrected chi connectivity index (χ3v) is 10.9. The minimum atomic E-state index is -0.0380. The molecular formula is C26H38O2. The Labute approximate surface area is 170 Å². The smallest absolute Gasteiger partial charge is 0.155 e. The summed E-state index contributed by atoms with van der Waals surface area (Å²) in [6.07, 6.45) is 13.8. The first kappa shape index (κ1) is 19.1. The monoisotopic (exact) mass is 382 g/mol. The van der Waals surface area contributed by atoms with E-state index in [0.717, 1.165) is 25.2 Å². The van der Waals surface area contributed by atoms with Gasteiger partial charge < -0.3 is 0 Å². The van der Waals surface area contributed by atoms with Crippen molar-refractivity contribution in [1.29, 1.82) is 0 Å². The molecule has 0 aliphatic heterocycles. The highest BCUT2D eigenvalue weighted by atomic mass is 16.1. The average molecular weight is 383 g/mol. The topological polar surface area (TPSA) is 34.1 Å². The van der Waals surface area contributed by atoms with Crippen LogP contribution in [0.3, 0.4) is 0 Å². The number of hydrogen-bond acceptors (Lipinski definition) is 2. The van der Waals surface area contributed by atoms with E-state index in [1.807, 2.05) is 13.0 Å². The van der Waals surface area contributed by atoms with Gasteiger partial charge in [0.1, 0.15) is 5.78 Å². The van der Waals surface area contributed by atoms with E-state index in [4.69, 9.17) is 0 Å². The summed E-state index contributed by atoms with van der Waals surface area (Å²) in [6.45, 7) is 9.28. The molecule has 0 bridgehead atoms. The van der Waals surface area contributed by atoms with Gasteiger partial charge in [-0.2, -0.15) is 0 Å². The second-order valence-electron chi connectivity index (χ2n) is 11.7. The van der Waals surface area contributed by atoms with Crippen LogP contribution in [-0.4, -0.2) is 11.6 Å². The maximum Gasteiger partial charge on any atom is 0.155 e. The number of rotatable bonds is 1. The van der Waals surface area contributed by atoms with Gasteiger partial charge in [-0.15, -0.1) is 0 Å². The molecule has 0 amide bonds. The Morgan fingerprint density at radius 3 is 2.57 bits per heavy atom. The van der Waals surface area contributed by atoms with Gasteiger partial charge in [0, 0.05) is 11.8 Å². The van der Waals surface area contributed by atoms with E-state index < -0.39 is 0 Å². The highest BCUT2D eigenvalue weighted by Crippen LogP contribution is 2.74. The third kappa shape index (κ3) is 2.16. The van der Waals surface area contributed by atoms with Gasteiger partial charge in [0.25, 0.3) is 0 Å². The number of carbonyl (C=O) groups is 2. The first-order valence-electron chi connectivity index (χ1n) is 12.0. The zero-order valence-corrected chi connectivity index (χ0v) is 18.4. The Morgan fingerprint density at radius 2 is 1.82 bits per heavy atom. The Hall–Kier alpha value is -0.920. The van der Waals surface area contributed by atoms with Gasteiger partial charge >= 0.3 is 0 Å². The fourth-order valence-electron chi connectivity index (χ4n) is 9.78. The van der Waals surface area contributed by atoms with E-state index in [2.05, 4.69) is 20.8 Å². The summed E-state index contributed by atoms with van der Waals surface area (Å²) >= 11 is 0. The molecule has 2 heteroatoms. The minimum Gasteiger partial charge on any atom is -0.299 e. The summed E-state index contributed by atoms with van der Waals surface area (Å²) in [7, 11) is 0. The van der Waals surface area contributed by atoms with Crippen LogP contribution in [-0.2, 0) is 9.59 Å². The first-order valence-corrected chi connectivity index (χ1v) is 12.0. The maximum absolute atomic E-state index is 13.2. The lowest BCUT2D eigenvalue weighted by atomic mass is 9.43. The third-order valence-electron chi connectivity index (χ3n) is 10.9. The lowest BCUT2D eigenvalue weighted by Crippen LogP contribution is -2.56. The van der Waals surface area contributed by atoms with Crippen LogP contribution in [0, 0.1) is 45.8 Å². The minimum absolute atomic E-state index is 0.0380. The Bertz CT molecular complexity index is 750. The van der Waals surface area contributed by atoms with Crippen molar-refractivity contribution < 1.29 is 9.59 Å². The molecule has 0 radical (unpaired) electrons. The molecular weight excluding hydrogens is 344 g/mol. The van der Waals surface area contributed by atoms with E-state index in [0.29, 0.717) is 35.2 Å². The predicted molar refractivity (Wildman–Crippen MR) is 112 cm³/mol. The number of carbonyl (C=O) groups excluding carboxylic acids is 2. The molecule has 0 heterocycles. The van der Waals surface area contributed by atoms with Crippen LogP contribution in [0.4, 0.5) is 0 Å². The summed E-state index contributed by atoms with van der Waals surface area (Å²) in [5, 5.41) is 0. The van der Waals surface area contributed by atoms with Gasteiger partial charge in [0.2, 0.25) is 0 Å². The zero-order chi connectivity index (χ0) is 19.9. The Morgan fingerprint density at radius 1 is 1.04 bits per heavy atom. The fourth-order valence-corrected chi connectivity index (χ4v) is 9.78. The van der Waals surface area contributed by atoms with Crippen molar-refractivity contribution in [2.45, 2.75) is 91.9 Å². The summed E-state index contributed by atoms with van der Waals surface area (Å²) in [5.41, 5.74) is 1.84. The van der Waals surface area contributed by atoms with E-state index in [9.17, 15) is 9.59 Å². The standard InChI is InChI=1S/C26H38O2/c1-16-13-20-21(24(3)11-8-19(28)15-22(16)24)9-12-25(4)23(20)14-18-7-5-6-10-26(18,25)17(2)27/h15-16,18,20-21,23H,5-14H2,1-4H3/t16-,18-,20+,21-,23-,24+,25-,26+/m0/s1. The molecule has 4 fully saturated rings. The molecule has 4 saturated carbocycles. The van der Waals surface area contributed by atoms with Crippen molar-refractivity contribution in [1.82, 2.24) is 0 Å². The van der Waals surface area contributed by atoms with Crippen LogP contribution < -0.4 is 0 Å².